The van der Waals surface area contributed by atoms with Crippen molar-refractivity contribution in [3.05, 3.63) is 11.6 Å². The van der Waals surface area contributed by atoms with Crippen LogP contribution in [0.25, 0.3) is 0 Å². The Bertz CT molecular complexity index is 209. The van der Waals surface area contributed by atoms with Crippen LogP contribution in [-0.4, -0.2) is 30.9 Å². The Balaban J connectivity index is 2.62. The number of hydrogen-bond acceptors (Lipinski definition) is 2. The van der Waals surface area contributed by atoms with E-state index in [-0.39, 0.29) is 11.9 Å². The highest BCUT2D eigenvalue weighted by atomic mass is 16.2. The summed E-state index contributed by atoms with van der Waals surface area (Å²) >= 11 is 0. The maximum absolute atomic E-state index is 11.4. The van der Waals surface area contributed by atoms with Gasteiger partial charge >= 0.3 is 0 Å². The number of allylic oxidation sites excluding steroid dienone is 1. The minimum Gasteiger partial charge on any atom is -0.345 e. The van der Waals surface area contributed by atoms with Crippen molar-refractivity contribution < 1.29 is 4.79 Å². The minimum atomic E-state index is 0.102. The fourth-order valence-corrected chi connectivity index (χ4v) is 1.40. The van der Waals surface area contributed by atoms with Crippen molar-refractivity contribution in [2.75, 3.05) is 14.1 Å². The molecule has 0 aliphatic heterocycles. The van der Waals surface area contributed by atoms with Gasteiger partial charge in [-0.25, -0.2) is 0 Å². The summed E-state index contributed by atoms with van der Waals surface area (Å²) in [5.41, 5.74) is 6.63. The second-order valence-electron chi connectivity index (χ2n) is 3.47. The van der Waals surface area contributed by atoms with Gasteiger partial charge in [-0.2, -0.15) is 0 Å². The number of nitrogens with zero attached hydrogens (tertiary/aromatic N) is 1. The van der Waals surface area contributed by atoms with Crippen LogP contribution < -0.4 is 5.73 Å². The molecule has 0 radical (unpaired) electrons. The van der Waals surface area contributed by atoms with E-state index < -0.39 is 0 Å². The van der Waals surface area contributed by atoms with Gasteiger partial charge in [-0.15, -0.1) is 0 Å². The molecular formula is C9H16N2O. The molecule has 12 heavy (non-hydrogen) atoms. The zero-order valence-electron chi connectivity index (χ0n) is 7.71. The monoisotopic (exact) mass is 168 g/mol. The van der Waals surface area contributed by atoms with E-state index in [0.717, 1.165) is 24.8 Å². The summed E-state index contributed by atoms with van der Waals surface area (Å²) in [6.45, 7) is 0. The Morgan fingerprint density at radius 1 is 1.67 bits per heavy atom. The first-order valence-electron chi connectivity index (χ1n) is 4.27. The molecule has 1 rings (SSSR count). The van der Waals surface area contributed by atoms with Gasteiger partial charge < -0.3 is 10.6 Å². The number of rotatable bonds is 1. The zero-order chi connectivity index (χ0) is 9.14. The van der Waals surface area contributed by atoms with Gasteiger partial charge in [-0.1, -0.05) is 6.08 Å². The molecule has 1 atom stereocenters. The predicted octanol–water partition coefficient (Wildman–Crippen LogP) is 0.512. The summed E-state index contributed by atoms with van der Waals surface area (Å²) in [4.78, 5) is 13.0. The molecule has 2 N–H and O–H groups in total. The molecule has 3 heteroatoms. The molecule has 68 valence electrons. The molecule has 0 spiro atoms. The van der Waals surface area contributed by atoms with Gasteiger partial charge in [0.15, 0.2) is 0 Å². The summed E-state index contributed by atoms with van der Waals surface area (Å²) in [6, 6.07) is 0.175. The van der Waals surface area contributed by atoms with E-state index in [0.29, 0.717) is 0 Å². The van der Waals surface area contributed by atoms with Crippen LogP contribution in [-0.2, 0) is 4.79 Å². The molecule has 1 aliphatic carbocycles. The van der Waals surface area contributed by atoms with Crippen LogP contribution in [0.4, 0.5) is 0 Å². The highest BCUT2D eigenvalue weighted by Crippen LogP contribution is 2.17. The average molecular weight is 168 g/mol. The third-order valence-corrected chi connectivity index (χ3v) is 2.09. The van der Waals surface area contributed by atoms with Gasteiger partial charge in [0.1, 0.15) is 0 Å². The number of carbonyl (C=O) groups is 1. The van der Waals surface area contributed by atoms with Gasteiger partial charge in [0.2, 0.25) is 5.91 Å². The van der Waals surface area contributed by atoms with E-state index >= 15 is 0 Å². The highest BCUT2D eigenvalue weighted by molar-refractivity contribution is 5.93. The van der Waals surface area contributed by atoms with E-state index in [1.54, 1.807) is 19.0 Å². The third kappa shape index (κ3) is 2.08. The van der Waals surface area contributed by atoms with Gasteiger partial charge in [-0.05, 0) is 19.3 Å². The number of likely N-dealkylation sites (N-methyl/N-ethyl adjacent to an activating group) is 1. The number of carbonyl (C=O) groups excluding carboxylic acids is 1. The molecular weight excluding hydrogens is 152 g/mol. The van der Waals surface area contributed by atoms with E-state index in [2.05, 4.69) is 0 Å². The minimum absolute atomic E-state index is 0.102. The van der Waals surface area contributed by atoms with Crippen LogP contribution in [0.15, 0.2) is 11.6 Å². The van der Waals surface area contributed by atoms with Crippen molar-refractivity contribution in [3.8, 4) is 0 Å². The fraction of sp³-hybridized carbons (Fsp3) is 0.667. The molecule has 0 aromatic carbocycles. The van der Waals surface area contributed by atoms with Crippen LogP contribution in [0.3, 0.4) is 0 Å². The van der Waals surface area contributed by atoms with Crippen LogP contribution in [0.1, 0.15) is 19.3 Å². The topological polar surface area (TPSA) is 46.3 Å². The van der Waals surface area contributed by atoms with Crippen molar-refractivity contribution in [1.29, 1.82) is 0 Å². The number of amides is 1. The van der Waals surface area contributed by atoms with E-state index in [4.69, 9.17) is 5.73 Å². The van der Waals surface area contributed by atoms with E-state index in [1.165, 1.54) is 0 Å². The zero-order valence-corrected chi connectivity index (χ0v) is 7.71. The molecule has 1 amide bonds. The lowest BCUT2D eigenvalue weighted by Crippen LogP contribution is -2.30. The molecule has 1 aliphatic rings. The van der Waals surface area contributed by atoms with Crippen LogP contribution in [0, 0.1) is 0 Å². The summed E-state index contributed by atoms with van der Waals surface area (Å²) in [5, 5.41) is 0. The normalized spacial score (nSPS) is 23.2. The lowest BCUT2D eigenvalue weighted by atomic mass is 9.95. The van der Waals surface area contributed by atoms with E-state index in [9.17, 15) is 4.79 Å². The van der Waals surface area contributed by atoms with Gasteiger partial charge in [0.05, 0.1) is 0 Å². The Kier molecular flexibility index (Phi) is 2.87. The average Bonchev–Trinajstić information content (AvgIpc) is 2.03. The molecule has 0 aromatic heterocycles. The lowest BCUT2D eigenvalue weighted by molar-refractivity contribution is -0.125. The van der Waals surface area contributed by atoms with Gasteiger partial charge in [0.25, 0.3) is 0 Å². The standard InChI is InChI=1S/C9H16N2O/c1-11(2)9(12)7-4-3-5-8(10)6-7/h4,8H,3,5-6,10H2,1-2H3. The molecule has 0 heterocycles. The summed E-state index contributed by atoms with van der Waals surface area (Å²) in [7, 11) is 3.53. The molecule has 0 aromatic rings. The smallest absolute Gasteiger partial charge is 0.248 e. The van der Waals surface area contributed by atoms with Crippen molar-refractivity contribution in [2.45, 2.75) is 25.3 Å². The quantitative estimate of drug-likeness (QED) is 0.620. The van der Waals surface area contributed by atoms with Crippen LogP contribution in [0.2, 0.25) is 0 Å². The lowest BCUT2D eigenvalue weighted by Gasteiger charge is -2.20. The second kappa shape index (κ2) is 3.72. The summed E-state index contributed by atoms with van der Waals surface area (Å²) in [6.07, 6.45) is 4.68. The Hall–Kier alpha value is -0.830. The van der Waals surface area contributed by atoms with Crippen molar-refractivity contribution in [1.82, 2.24) is 4.90 Å². The largest absolute Gasteiger partial charge is 0.345 e. The first-order chi connectivity index (χ1) is 5.61. The van der Waals surface area contributed by atoms with Crippen molar-refractivity contribution >= 4 is 5.91 Å². The SMILES string of the molecule is CN(C)C(=O)C1=CCCC(N)C1. The molecule has 0 fully saturated rings. The molecule has 3 nitrogen and oxygen atoms in total. The second-order valence-corrected chi connectivity index (χ2v) is 3.47. The Morgan fingerprint density at radius 3 is 2.83 bits per heavy atom. The summed E-state index contributed by atoms with van der Waals surface area (Å²) < 4.78 is 0. The highest BCUT2D eigenvalue weighted by Gasteiger charge is 2.17. The molecule has 0 saturated heterocycles. The predicted molar refractivity (Wildman–Crippen MR) is 48.6 cm³/mol. The maximum Gasteiger partial charge on any atom is 0.248 e. The molecule has 0 bridgehead atoms. The number of nitrogens with two attached hydrogens (primary N) is 1. The molecule has 0 saturated carbocycles. The van der Waals surface area contributed by atoms with Crippen molar-refractivity contribution in [2.24, 2.45) is 5.73 Å². The Labute approximate surface area is 73.2 Å². The fourth-order valence-electron chi connectivity index (χ4n) is 1.40. The van der Waals surface area contributed by atoms with Crippen molar-refractivity contribution in [3.63, 3.8) is 0 Å². The first-order valence-corrected chi connectivity index (χ1v) is 4.27. The summed E-state index contributed by atoms with van der Waals surface area (Å²) in [5.74, 6) is 0.102. The number of hydrogen-bond donors (Lipinski definition) is 1. The van der Waals surface area contributed by atoms with Gasteiger partial charge in [-0.3, -0.25) is 4.79 Å². The Morgan fingerprint density at radius 2 is 2.33 bits per heavy atom. The maximum atomic E-state index is 11.4. The first kappa shape index (κ1) is 9.26. The van der Waals surface area contributed by atoms with Crippen LogP contribution in [0.5, 0.6) is 0 Å². The van der Waals surface area contributed by atoms with Crippen LogP contribution >= 0.6 is 0 Å². The van der Waals surface area contributed by atoms with Gasteiger partial charge in [0, 0.05) is 25.7 Å². The van der Waals surface area contributed by atoms with E-state index in [1.807, 2.05) is 6.08 Å². The third-order valence-electron chi connectivity index (χ3n) is 2.09. The molecule has 1 unspecified atom stereocenters.